The van der Waals surface area contributed by atoms with E-state index >= 15 is 0 Å². The fraction of sp³-hybridized carbons (Fsp3) is 0.312. The molecule has 4 heterocycles. The van der Waals surface area contributed by atoms with Crippen molar-refractivity contribution in [2.75, 3.05) is 36.4 Å². The van der Waals surface area contributed by atoms with Crippen LogP contribution in [-0.2, 0) is 22.7 Å². The van der Waals surface area contributed by atoms with Gasteiger partial charge in [-0.1, -0.05) is 24.3 Å². The Morgan fingerprint density at radius 2 is 1.80 bits per heavy atom. The van der Waals surface area contributed by atoms with Crippen molar-refractivity contribution in [2.45, 2.75) is 38.9 Å². The van der Waals surface area contributed by atoms with Crippen LogP contribution in [0.2, 0.25) is 0 Å². The number of carbonyl (C=O) groups is 5. The lowest BCUT2D eigenvalue weighted by Gasteiger charge is -2.36. The number of hydrogen-bond acceptors (Lipinski definition) is 9. The highest BCUT2D eigenvalue weighted by molar-refractivity contribution is 6.25. The standard InChI is InChI=1S/C32H33N7O5.ClH/c1-19-15-20(5-6-21(19)18-37-11-13-38(14-12-37)22-7-8-25(29(33)41)35-17-22)16-34-24-4-2-3-23-28(24)32(44)39(31(23)43)26-9-10-27(40)36-30(26)42;/h2-8,15,17,26,34H,9-14,16,18H2,1H3,(H2,33,41)(H,36,40,42);1H. The zero-order valence-corrected chi connectivity index (χ0v) is 25.6. The van der Waals surface area contributed by atoms with Crippen LogP contribution in [0.15, 0.2) is 54.7 Å². The number of hydrogen-bond donors (Lipinski definition) is 3. The van der Waals surface area contributed by atoms with Gasteiger partial charge in [0.25, 0.3) is 17.7 Å². The van der Waals surface area contributed by atoms with Crippen molar-refractivity contribution < 1.29 is 24.0 Å². The summed E-state index contributed by atoms with van der Waals surface area (Å²) in [5, 5.41) is 5.54. The second-order valence-corrected chi connectivity index (χ2v) is 11.3. The Bertz CT molecular complexity index is 1670. The largest absolute Gasteiger partial charge is 0.380 e. The molecule has 2 saturated heterocycles. The fourth-order valence-electron chi connectivity index (χ4n) is 6.03. The molecule has 0 bridgehead atoms. The average Bonchev–Trinajstić information content (AvgIpc) is 3.27. The Balaban J connectivity index is 0.00000400. The van der Waals surface area contributed by atoms with E-state index in [9.17, 15) is 24.0 Å². The molecule has 3 aliphatic rings. The summed E-state index contributed by atoms with van der Waals surface area (Å²) in [6.07, 6.45) is 1.88. The van der Waals surface area contributed by atoms with Gasteiger partial charge in [0.05, 0.1) is 23.0 Å². The molecule has 45 heavy (non-hydrogen) atoms. The molecule has 1 aromatic heterocycles. The number of aromatic nitrogens is 1. The van der Waals surface area contributed by atoms with Crippen molar-refractivity contribution in [2.24, 2.45) is 5.73 Å². The van der Waals surface area contributed by atoms with Crippen molar-refractivity contribution in [3.05, 3.63) is 88.2 Å². The predicted octanol–water partition coefficient (Wildman–Crippen LogP) is 2.25. The molecule has 0 saturated carbocycles. The molecule has 6 rings (SSSR count). The highest BCUT2D eigenvalue weighted by atomic mass is 35.5. The van der Waals surface area contributed by atoms with Crippen molar-refractivity contribution in [3.63, 3.8) is 0 Å². The zero-order valence-electron chi connectivity index (χ0n) is 24.7. The van der Waals surface area contributed by atoms with Crippen molar-refractivity contribution in [1.82, 2.24) is 20.1 Å². The van der Waals surface area contributed by atoms with E-state index in [0.717, 1.165) is 54.4 Å². The van der Waals surface area contributed by atoms with E-state index in [4.69, 9.17) is 5.73 Å². The summed E-state index contributed by atoms with van der Waals surface area (Å²) in [6.45, 7) is 6.83. The van der Waals surface area contributed by atoms with Crippen molar-refractivity contribution in [1.29, 1.82) is 0 Å². The molecule has 12 nitrogen and oxygen atoms in total. The maximum atomic E-state index is 13.4. The fourth-order valence-corrected chi connectivity index (χ4v) is 6.03. The van der Waals surface area contributed by atoms with E-state index in [2.05, 4.69) is 50.5 Å². The lowest BCUT2D eigenvalue weighted by Crippen LogP contribution is -2.54. The molecule has 2 aromatic carbocycles. The summed E-state index contributed by atoms with van der Waals surface area (Å²) in [4.78, 5) is 71.5. The molecule has 0 spiro atoms. The lowest BCUT2D eigenvalue weighted by molar-refractivity contribution is -0.136. The van der Waals surface area contributed by atoms with Crippen LogP contribution >= 0.6 is 12.4 Å². The van der Waals surface area contributed by atoms with Gasteiger partial charge >= 0.3 is 0 Å². The molecule has 3 aliphatic heterocycles. The number of anilines is 2. The third-order valence-electron chi connectivity index (χ3n) is 8.49. The number of amides is 5. The first-order valence-electron chi connectivity index (χ1n) is 14.6. The minimum Gasteiger partial charge on any atom is -0.380 e. The van der Waals surface area contributed by atoms with Gasteiger partial charge in [-0.15, -0.1) is 12.4 Å². The topological polar surface area (TPSA) is 158 Å². The van der Waals surface area contributed by atoms with E-state index in [-0.39, 0.29) is 42.1 Å². The summed E-state index contributed by atoms with van der Waals surface area (Å²) < 4.78 is 0. The number of piperazine rings is 1. The first-order chi connectivity index (χ1) is 21.2. The molecule has 0 aliphatic carbocycles. The Labute approximate surface area is 266 Å². The normalized spacial score (nSPS) is 18.4. The number of nitrogens with zero attached hydrogens (tertiary/aromatic N) is 4. The molecule has 13 heteroatoms. The van der Waals surface area contributed by atoms with Gasteiger partial charge in [0, 0.05) is 51.4 Å². The van der Waals surface area contributed by atoms with Gasteiger partial charge in [0.15, 0.2) is 0 Å². The molecule has 1 unspecified atom stereocenters. The van der Waals surface area contributed by atoms with Crippen LogP contribution in [0.5, 0.6) is 0 Å². The van der Waals surface area contributed by atoms with E-state index in [1.54, 1.807) is 30.5 Å². The number of piperidine rings is 1. The molecule has 0 radical (unpaired) electrons. The first kappa shape index (κ1) is 31.6. The lowest BCUT2D eigenvalue weighted by atomic mass is 10.0. The maximum absolute atomic E-state index is 13.4. The average molecular weight is 632 g/mol. The second-order valence-electron chi connectivity index (χ2n) is 11.3. The third kappa shape index (κ3) is 6.38. The zero-order chi connectivity index (χ0) is 31.0. The number of imide groups is 2. The Hall–Kier alpha value is -4.81. The summed E-state index contributed by atoms with van der Waals surface area (Å²) >= 11 is 0. The number of aryl methyl sites for hydroxylation is 1. The van der Waals surface area contributed by atoms with Crippen LogP contribution in [0.3, 0.4) is 0 Å². The number of rotatable bonds is 8. The van der Waals surface area contributed by atoms with E-state index in [1.165, 1.54) is 5.56 Å². The Morgan fingerprint density at radius 3 is 2.47 bits per heavy atom. The summed E-state index contributed by atoms with van der Waals surface area (Å²) in [7, 11) is 0. The second kappa shape index (κ2) is 13.0. The molecule has 3 aromatic rings. The number of nitrogens with one attached hydrogen (secondary N) is 2. The van der Waals surface area contributed by atoms with Gasteiger partial charge in [-0.25, -0.2) is 4.98 Å². The van der Waals surface area contributed by atoms with Gasteiger partial charge in [0.1, 0.15) is 11.7 Å². The number of primary amides is 1. The number of benzene rings is 2. The van der Waals surface area contributed by atoms with Crippen LogP contribution in [0.25, 0.3) is 0 Å². The monoisotopic (exact) mass is 631 g/mol. The third-order valence-corrected chi connectivity index (χ3v) is 8.49. The number of carbonyl (C=O) groups excluding carboxylic acids is 5. The number of fused-ring (bicyclic) bond motifs is 1. The predicted molar refractivity (Wildman–Crippen MR) is 169 cm³/mol. The minimum absolute atomic E-state index is 0. The molecular weight excluding hydrogens is 598 g/mol. The number of halogens is 1. The smallest absolute Gasteiger partial charge is 0.267 e. The Kier molecular flexibility index (Phi) is 9.16. The van der Waals surface area contributed by atoms with E-state index in [0.29, 0.717) is 12.2 Å². The van der Waals surface area contributed by atoms with Gasteiger partial charge in [-0.3, -0.25) is 39.1 Å². The summed E-state index contributed by atoms with van der Waals surface area (Å²) in [5.74, 6) is -2.63. The quantitative estimate of drug-likeness (QED) is 0.317. The SMILES string of the molecule is Cc1cc(CNc2cccc3c2C(=O)N(C2CCC(=O)NC2=O)C3=O)ccc1CN1CCN(c2ccc(C(N)=O)nc2)CC1.Cl. The van der Waals surface area contributed by atoms with Gasteiger partial charge in [-0.05, 0) is 54.3 Å². The first-order valence-corrected chi connectivity index (χ1v) is 14.6. The van der Waals surface area contributed by atoms with Crippen LogP contribution in [0.1, 0.15) is 60.7 Å². The molecule has 234 valence electrons. The molecule has 1 atom stereocenters. The Morgan fingerprint density at radius 1 is 1.02 bits per heavy atom. The van der Waals surface area contributed by atoms with Crippen molar-refractivity contribution in [3.8, 4) is 0 Å². The molecule has 5 amide bonds. The highest BCUT2D eigenvalue weighted by Gasteiger charge is 2.45. The maximum Gasteiger partial charge on any atom is 0.267 e. The highest BCUT2D eigenvalue weighted by Crippen LogP contribution is 2.32. The molecule has 2 fully saturated rings. The summed E-state index contributed by atoms with van der Waals surface area (Å²) in [5.41, 5.74) is 11.0. The molecular formula is C32H34ClN7O5. The van der Waals surface area contributed by atoms with Crippen molar-refractivity contribution >= 4 is 53.3 Å². The molecule has 4 N–H and O–H groups in total. The number of nitrogens with two attached hydrogens (primary N) is 1. The van der Waals surface area contributed by atoms with Crippen LogP contribution in [-0.4, -0.2) is 76.5 Å². The minimum atomic E-state index is -1.00. The van der Waals surface area contributed by atoms with Crippen LogP contribution in [0.4, 0.5) is 11.4 Å². The van der Waals surface area contributed by atoms with Crippen LogP contribution in [0, 0.1) is 6.92 Å². The summed E-state index contributed by atoms with van der Waals surface area (Å²) in [6, 6.07) is 13.9. The van der Waals surface area contributed by atoms with Crippen LogP contribution < -0.4 is 21.3 Å². The van der Waals surface area contributed by atoms with E-state index in [1.807, 2.05) is 6.07 Å². The van der Waals surface area contributed by atoms with Gasteiger partial charge in [0.2, 0.25) is 11.8 Å². The number of pyridine rings is 1. The van der Waals surface area contributed by atoms with Gasteiger partial charge < -0.3 is 16.0 Å². The van der Waals surface area contributed by atoms with Gasteiger partial charge in [-0.2, -0.15) is 0 Å². The van der Waals surface area contributed by atoms with E-state index < -0.39 is 35.6 Å².